The van der Waals surface area contributed by atoms with Crippen LogP contribution in [0.3, 0.4) is 0 Å². The van der Waals surface area contributed by atoms with E-state index in [-0.39, 0.29) is 12.0 Å². The number of thiocarbonyl (C=S) groups is 1. The molecule has 0 spiro atoms. The van der Waals surface area contributed by atoms with Crippen molar-refractivity contribution in [1.29, 1.82) is 0 Å². The van der Waals surface area contributed by atoms with E-state index in [1.54, 1.807) is 19.1 Å². The number of hydrogen-bond acceptors (Lipinski definition) is 4. The van der Waals surface area contributed by atoms with Crippen molar-refractivity contribution in [1.82, 2.24) is 5.32 Å². The summed E-state index contributed by atoms with van der Waals surface area (Å²) < 4.78 is 11.5. The van der Waals surface area contributed by atoms with Crippen molar-refractivity contribution in [2.45, 2.75) is 32.0 Å². The summed E-state index contributed by atoms with van der Waals surface area (Å²) in [7, 11) is 0. The molecule has 27 heavy (non-hydrogen) atoms. The van der Waals surface area contributed by atoms with Gasteiger partial charge in [0.2, 0.25) is 0 Å². The Kier molecular flexibility index (Phi) is 4.48. The molecule has 2 aliphatic rings. The number of nitrogens with one attached hydrogen (secondary N) is 1. The van der Waals surface area contributed by atoms with Gasteiger partial charge in [-0.3, -0.25) is 4.90 Å². The fraction of sp³-hybridized carbons (Fsp3) is 0.300. The first-order valence-electron chi connectivity index (χ1n) is 8.78. The second-order valence-electron chi connectivity index (χ2n) is 6.75. The second-order valence-corrected chi connectivity index (χ2v) is 7.54. The number of esters is 1. The van der Waals surface area contributed by atoms with E-state index in [1.807, 2.05) is 42.2 Å². The Morgan fingerprint density at radius 3 is 2.96 bits per heavy atom. The van der Waals surface area contributed by atoms with Crippen LogP contribution in [0.4, 0.5) is 5.69 Å². The van der Waals surface area contributed by atoms with Gasteiger partial charge in [-0.2, -0.15) is 0 Å². The fourth-order valence-corrected chi connectivity index (χ4v) is 4.39. The summed E-state index contributed by atoms with van der Waals surface area (Å²) in [6.45, 7) is 4.09. The number of ether oxygens (including phenoxy) is 2. The normalized spacial score (nSPS) is 23.1. The molecule has 0 radical (unpaired) electrons. The third kappa shape index (κ3) is 3.03. The number of benzene rings is 2. The summed E-state index contributed by atoms with van der Waals surface area (Å²) >= 11 is 12.0. The highest BCUT2D eigenvalue weighted by atomic mass is 35.5. The van der Waals surface area contributed by atoms with Gasteiger partial charge in [0.1, 0.15) is 5.75 Å². The molecule has 2 heterocycles. The van der Waals surface area contributed by atoms with Crippen molar-refractivity contribution in [3.63, 3.8) is 0 Å². The van der Waals surface area contributed by atoms with Gasteiger partial charge in [0.15, 0.2) is 10.8 Å². The first-order valence-corrected chi connectivity index (χ1v) is 9.57. The maximum atomic E-state index is 12.1. The third-order valence-corrected chi connectivity index (χ3v) is 5.47. The van der Waals surface area contributed by atoms with E-state index in [9.17, 15) is 4.79 Å². The Balaban J connectivity index is 1.75. The van der Waals surface area contributed by atoms with E-state index in [4.69, 9.17) is 33.3 Å². The van der Waals surface area contributed by atoms with E-state index in [0.29, 0.717) is 34.5 Å². The van der Waals surface area contributed by atoms with Crippen molar-refractivity contribution >= 4 is 40.6 Å². The number of carbonyl (C=O) groups excluding carboxylic acids is 1. The number of halogens is 1. The van der Waals surface area contributed by atoms with Gasteiger partial charge in [-0.15, -0.1) is 0 Å². The summed E-state index contributed by atoms with van der Waals surface area (Å²) in [5.41, 5.74) is 1.51. The molecule has 1 fully saturated rings. The lowest BCUT2D eigenvalue weighted by Gasteiger charge is -2.52. The largest absolute Gasteiger partial charge is 0.466 e. The number of hydrogen-bond donors (Lipinski definition) is 1. The number of fused-ring (bicyclic) bond motifs is 4. The van der Waals surface area contributed by atoms with E-state index >= 15 is 0 Å². The van der Waals surface area contributed by atoms with Crippen molar-refractivity contribution in [3.8, 4) is 5.75 Å². The van der Waals surface area contributed by atoms with Crippen LogP contribution < -0.4 is 15.0 Å². The lowest BCUT2D eigenvalue weighted by molar-refractivity contribution is 0.0491. The standard InChI is InChI=1S/C20H19ClN2O3S/c1-3-25-18(24)12-6-4-7-13(10-12)23-19(27)22-16-11-20(23,2)26-17-14(16)8-5-9-15(17)21/h4-10,16H,3,11H2,1-2H3,(H,22,27). The van der Waals surface area contributed by atoms with Gasteiger partial charge in [0.05, 0.1) is 23.2 Å². The Hall–Kier alpha value is -2.31. The zero-order valence-corrected chi connectivity index (χ0v) is 16.6. The van der Waals surface area contributed by atoms with Crippen LogP contribution in [0.5, 0.6) is 5.75 Å². The predicted molar refractivity (Wildman–Crippen MR) is 108 cm³/mol. The number of para-hydroxylation sites is 1. The highest BCUT2D eigenvalue weighted by Gasteiger charge is 2.48. The quantitative estimate of drug-likeness (QED) is 0.604. The van der Waals surface area contributed by atoms with E-state index in [2.05, 4.69) is 5.32 Å². The van der Waals surface area contributed by atoms with Gasteiger partial charge in [-0.1, -0.05) is 29.8 Å². The number of carbonyl (C=O) groups is 1. The molecule has 0 saturated carbocycles. The summed E-state index contributed by atoms with van der Waals surface area (Å²) in [6, 6.07) is 12.9. The molecule has 2 unspecified atom stereocenters. The van der Waals surface area contributed by atoms with Crippen LogP contribution in [-0.2, 0) is 4.74 Å². The molecule has 1 saturated heterocycles. The van der Waals surface area contributed by atoms with Crippen LogP contribution in [0, 0.1) is 0 Å². The minimum Gasteiger partial charge on any atom is -0.466 e. The van der Waals surface area contributed by atoms with E-state index in [1.165, 1.54) is 0 Å². The molecule has 7 heteroatoms. The summed E-state index contributed by atoms with van der Waals surface area (Å²) in [5.74, 6) is 0.302. The van der Waals surface area contributed by atoms with Crippen molar-refractivity contribution < 1.29 is 14.3 Å². The molecule has 0 aromatic heterocycles. The zero-order chi connectivity index (χ0) is 19.2. The van der Waals surface area contributed by atoms with Gasteiger partial charge < -0.3 is 14.8 Å². The first kappa shape index (κ1) is 18.1. The Labute approximate surface area is 168 Å². The molecule has 0 amide bonds. The smallest absolute Gasteiger partial charge is 0.338 e. The Bertz CT molecular complexity index is 935. The van der Waals surface area contributed by atoms with Gasteiger partial charge in [-0.05, 0) is 50.3 Å². The maximum Gasteiger partial charge on any atom is 0.338 e. The van der Waals surface area contributed by atoms with Gasteiger partial charge in [0, 0.05) is 17.7 Å². The zero-order valence-electron chi connectivity index (χ0n) is 15.0. The molecule has 1 N–H and O–H groups in total. The predicted octanol–water partition coefficient (Wildman–Crippen LogP) is 4.45. The van der Waals surface area contributed by atoms with E-state index < -0.39 is 5.72 Å². The molecular formula is C20H19ClN2O3S. The average Bonchev–Trinajstić information content (AvgIpc) is 2.62. The SMILES string of the molecule is CCOC(=O)c1cccc(N2C(=S)NC3CC2(C)Oc2c(Cl)cccc23)c1. The number of nitrogens with zero attached hydrogens (tertiary/aromatic N) is 1. The maximum absolute atomic E-state index is 12.1. The molecule has 0 aliphatic carbocycles. The molecule has 2 atom stereocenters. The topological polar surface area (TPSA) is 50.8 Å². The molecule has 2 bridgehead atoms. The highest BCUT2D eigenvalue weighted by Crippen LogP contribution is 2.48. The van der Waals surface area contributed by atoms with Crippen molar-refractivity contribution in [2.75, 3.05) is 11.5 Å². The van der Waals surface area contributed by atoms with Gasteiger partial charge >= 0.3 is 5.97 Å². The molecule has 4 rings (SSSR count). The molecule has 2 aromatic rings. The van der Waals surface area contributed by atoms with Crippen LogP contribution >= 0.6 is 23.8 Å². The number of rotatable bonds is 3. The van der Waals surface area contributed by atoms with Crippen LogP contribution in [0.25, 0.3) is 0 Å². The summed E-state index contributed by atoms with van der Waals surface area (Å²) in [4.78, 5) is 14.0. The Morgan fingerprint density at radius 1 is 1.41 bits per heavy atom. The minimum absolute atomic E-state index is 0.0226. The highest BCUT2D eigenvalue weighted by molar-refractivity contribution is 7.80. The lowest BCUT2D eigenvalue weighted by atomic mass is 9.90. The van der Waals surface area contributed by atoms with Gasteiger partial charge in [-0.25, -0.2) is 4.79 Å². The van der Waals surface area contributed by atoms with Crippen LogP contribution in [0.1, 0.15) is 42.2 Å². The monoisotopic (exact) mass is 402 g/mol. The molecule has 2 aromatic carbocycles. The first-order chi connectivity index (χ1) is 12.9. The second kappa shape index (κ2) is 6.69. The van der Waals surface area contributed by atoms with Crippen molar-refractivity contribution in [2.24, 2.45) is 0 Å². The molecule has 5 nitrogen and oxygen atoms in total. The molecule has 2 aliphatic heterocycles. The molecular weight excluding hydrogens is 384 g/mol. The third-order valence-electron chi connectivity index (χ3n) is 4.87. The lowest BCUT2D eigenvalue weighted by Crippen LogP contribution is -2.65. The molecule has 140 valence electrons. The van der Waals surface area contributed by atoms with Crippen LogP contribution in [0.15, 0.2) is 42.5 Å². The van der Waals surface area contributed by atoms with Crippen molar-refractivity contribution in [3.05, 3.63) is 58.6 Å². The van der Waals surface area contributed by atoms with Crippen LogP contribution in [-0.4, -0.2) is 23.4 Å². The summed E-state index contributed by atoms with van der Waals surface area (Å²) in [5, 5.41) is 4.49. The fourth-order valence-electron chi connectivity index (χ4n) is 3.73. The Morgan fingerprint density at radius 2 is 2.19 bits per heavy atom. The summed E-state index contributed by atoms with van der Waals surface area (Å²) in [6.07, 6.45) is 0.685. The number of anilines is 1. The van der Waals surface area contributed by atoms with Gasteiger partial charge in [0.25, 0.3) is 0 Å². The van der Waals surface area contributed by atoms with Crippen LogP contribution in [0.2, 0.25) is 5.02 Å². The average molecular weight is 403 g/mol. The van der Waals surface area contributed by atoms with E-state index in [0.717, 1.165) is 11.3 Å². The minimum atomic E-state index is -0.724.